The summed E-state index contributed by atoms with van der Waals surface area (Å²) in [7, 11) is 0. The highest BCUT2D eigenvalue weighted by Crippen LogP contribution is 2.30. The average molecular weight is 268 g/mol. The number of nitro groups is 1. The summed E-state index contributed by atoms with van der Waals surface area (Å²) in [5.74, 6) is 0.252. The molecule has 0 atom stereocenters. The highest BCUT2D eigenvalue weighted by molar-refractivity contribution is 5.60. The van der Waals surface area contributed by atoms with Crippen LogP contribution in [0.3, 0.4) is 0 Å². The SMILES string of the molecule is CCCCCOc1ncnc(NCCC)c1[N+](=O)[O-]. The van der Waals surface area contributed by atoms with E-state index in [1.807, 2.05) is 6.92 Å². The van der Waals surface area contributed by atoms with E-state index in [0.29, 0.717) is 13.2 Å². The molecular formula is C12H20N4O3. The Bertz CT molecular complexity index is 412. The van der Waals surface area contributed by atoms with Gasteiger partial charge in [0.15, 0.2) is 0 Å². The molecule has 0 aliphatic carbocycles. The first-order chi connectivity index (χ1) is 9.20. The molecule has 0 saturated carbocycles. The average Bonchev–Trinajstić information content (AvgIpc) is 2.41. The van der Waals surface area contributed by atoms with Gasteiger partial charge < -0.3 is 10.1 Å². The number of hydrogen-bond donors (Lipinski definition) is 1. The van der Waals surface area contributed by atoms with Gasteiger partial charge in [-0.05, 0) is 12.8 Å². The van der Waals surface area contributed by atoms with Gasteiger partial charge in [-0.15, -0.1) is 0 Å². The number of nitrogens with zero attached hydrogens (tertiary/aromatic N) is 3. The maximum atomic E-state index is 11.1. The molecular weight excluding hydrogens is 248 g/mol. The Kier molecular flexibility index (Phi) is 6.56. The minimum absolute atomic E-state index is 0.0368. The van der Waals surface area contributed by atoms with Gasteiger partial charge in [0.05, 0.1) is 11.5 Å². The molecule has 0 aliphatic heterocycles. The second-order valence-electron chi connectivity index (χ2n) is 4.12. The molecule has 1 aromatic heterocycles. The lowest BCUT2D eigenvalue weighted by molar-refractivity contribution is -0.385. The van der Waals surface area contributed by atoms with Crippen LogP contribution in [-0.4, -0.2) is 28.0 Å². The van der Waals surface area contributed by atoms with Crippen molar-refractivity contribution in [1.82, 2.24) is 9.97 Å². The maximum Gasteiger partial charge on any atom is 0.372 e. The third-order valence-electron chi connectivity index (χ3n) is 2.50. The predicted molar refractivity (Wildman–Crippen MR) is 72.5 cm³/mol. The van der Waals surface area contributed by atoms with Crippen molar-refractivity contribution in [3.8, 4) is 5.88 Å². The molecule has 7 nitrogen and oxygen atoms in total. The van der Waals surface area contributed by atoms with E-state index in [1.54, 1.807) is 0 Å². The van der Waals surface area contributed by atoms with Crippen molar-refractivity contribution in [2.45, 2.75) is 39.5 Å². The lowest BCUT2D eigenvalue weighted by Crippen LogP contribution is -2.09. The largest absolute Gasteiger partial charge is 0.473 e. The Hall–Kier alpha value is -1.92. The van der Waals surface area contributed by atoms with Crippen molar-refractivity contribution in [3.05, 3.63) is 16.4 Å². The zero-order chi connectivity index (χ0) is 14.1. The zero-order valence-electron chi connectivity index (χ0n) is 11.4. The molecule has 7 heteroatoms. The van der Waals surface area contributed by atoms with Crippen LogP contribution in [0.5, 0.6) is 5.88 Å². The smallest absolute Gasteiger partial charge is 0.372 e. The van der Waals surface area contributed by atoms with Gasteiger partial charge in [-0.25, -0.2) is 4.98 Å². The summed E-state index contributed by atoms with van der Waals surface area (Å²) in [6.45, 7) is 5.11. The van der Waals surface area contributed by atoms with E-state index < -0.39 is 4.92 Å². The zero-order valence-corrected chi connectivity index (χ0v) is 11.4. The fraction of sp³-hybridized carbons (Fsp3) is 0.667. The molecule has 1 heterocycles. The minimum Gasteiger partial charge on any atom is -0.473 e. The van der Waals surface area contributed by atoms with E-state index in [-0.39, 0.29) is 17.4 Å². The normalized spacial score (nSPS) is 10.2. The number of aromatic nitrogens is 2. The van der Waals surface area contributed by atoms with Crippen molar-refractivity contribution in [2.75, 3.05) is 18.5 Å². The second kappa shape index (κ2) is 8.23. The van der Waals surface area contributed by atoms with E-state index in [0.717, 1.165) is 25.7 Å². The summed E-state index contributed by atoms with van der Waals surface area (Å²) < 4.78 is 5.39. The molecule has 0 aliphatic rings. The topological polar surface area (TPSA) is 90.2 Å². The van der Waals surface area contributed by atoms with Crippen LogP contribution in [0, 0.1) is 10.1 Å². The number of rotatable bonds is 9. The molecule has 0 unspecified atom stereocenters. The van der Waals surface area contributed by atoms with Crippen LogP contribution in [0.15, 0.2) is 6.33 Å². The van der Waals surface area contributed by atoms with Gasteiger partial charge in [0.2, 0.25) is 5.82 Å². The van der Waals surface area contributed by atoms with E-state index in [2.05, 4.69) is 22.2 Å². The van der Waals surface area contributed by atoms with Crippen molar-refractivity contribution in [3.63, 3.8) is 0 Å². The fourth-order valence-corrected chi connectivity index (χ4v) is 1.53. The van der Waals surface area contributed by atoms with Gasteiger partial charge in [0, 0.05) is 6.54 Å². The Morgan fingerprint density at radius 2 is 2.11 bits per heavy atom. The van der Waals surface area contributed by atoms with Crippen molar-refractivity contribution in [2.24, 2.45) is 0 Å². The van der Waals surface area contributed by atoms with Crippen LogP contribution in [0.2, 0.25) is 0 Å². The minimum atomic E-state index is -0.507. The lowest BCUT2D eigenvalue weighted by Gasteiger charge is -2.08. The molecule has 1 rings (SSSR count). The molecule has 1 aromatic rings. The number of ether oxygens (including phenoxy) is 1. The number of unbranched alkanes of at least 4 members (excludes halogenated alkanes) is 2. The van der Waals surface area contributed by atoms with Gasteiger partial charge in [-0.3, -0.25) is 10.1 Å². The molecule has 1 N–H and O–H groups in total. The first-order valence-corrected chi connectivity index (χ1v) is 6.56. The molecule has 19 heavy (non-hydrogen) atoms. The van der Waals surface area contributed by atoms with Crippen LogP contribution in [0.4, 0.5) is 11.5 Å². The number of nitrogens with one attached hydrogen (secondary N) is 1. The summed E-state index contributed by atoms with van der Waals surface area (Å²) in [5, 5.41) is 14.0. The molecule has 0 amide bonds. The van der Waals surface area contributed by atoms with Crippen molar-refractivity contribution >= 4 is 11.5 Å². The standard InChI is InChI=1S/C12H20N4O3/c1-3-5-6-8-19-12-10(16(17)18)11(13-7-4-2)14-9-15-12/h9H,3-8H2,1-2H3,(H,13,14,15). The highest BCUT2D eigenvalue weighted by atomic mass is 16.6. The van der Waals surface area contributed by atoms with Gasteiger partial charge in [-0.1, -0.05) is 26.7 Å². The lowest BCUT2D eigenvalue weighted by atomic mass is 10.3. The second-order valence-corrected chi connectivity index (χ2v) is 4.12. The number of anilines is 1. The van der Waals surface area contributed by atoms with Crippen LogP contribution in [0.1, 0.15) is 39.5 Å². The van der Waals surface area contributed by atoms with E-state index >= 15 is 0 Å². The van der Waals surface area contributed by atoms with Crippen LogP contribution in [0.25, 0.3) is 0 Å². The van der Waals surface area contributed by atoms with Gasteiger partial charge in [0.25, 0.3) is 5.88 Å². The Balaban J connectivity index is 2.80. The van der Waals surface area contributed by atoms with E-state index in [1.165, 1.54) is 6.33 Å². The van der Waals surface area contributed by atoms with Crippen molar-refractivity contribution in [1.29, 1.82) is 0 Å². The first kappa shape index (κ1) is 15.1. The molecule has 0 radical (unpaired) electrons. The molecule has 0 spiro atoms. The summed E-state index contributed by atoms with van der Waals surface area (Å²) >= 11 is 0. The summed E-state index contributed by atoms with van der Waals surface area (Å²) in [6.07, 6.45) is 5.09. The summed E-state index contributed by atoms with van der Waals surface area (Å²) in [6, 6.07) is 0. The van der Waals surface area contributed by atoms with Gasteiger partial charge >= 0.3 is 5.69 Å². The van der Waals surface area contributed by atoms with Gasteiger partial charge in [0.1, 0.15) is 6.33 Å². The first-order valence-electron chi connectivity index (χ1n) is 6.56. The Labute approximate surface area is 112 Å². The summed E-state index contributed by atoms with van der Waals surface area (Å²) in [5.41, 5.74) is -0.188. The van der Waals surface area contributed by atoms with E-state index in [4.69, 9.17) is 4.74 Å². The molecule has 0 fully saturated rings. The monoisotopic (exact) mass is 268 g/mol. The number of hydrogen-bond acceptors (Lipinski definition) is 6. The quantitative estimate of drug-likeness (QED) is 0.420. The Morgan fingerprint density at radius 1 is 1.32 bits per heavy atom. The van der Waals surface area contributed by atoms with Crippen LogP contribution < -0.4 is 10.1 Å². The van der Waals surface area contributed by atoms with Crippen LogP contribution >= 0.6 is 0 Å². The third-order valence-corrected chi connectivity index (χ3v) is 2.50. The van der Waals surface area contributed by atoms with Gasteiger partial charge in [-0.2, -0.15) is 4.98 Å². The summed E-state index contributed by atoms with van der Waals surface area (Å²) in [4.78, 5) is 18.3. The van der Waals surface area contributed by atoms with Crippen LogP contribution in [-0.2, 0) is 0 Å². The molecule has 0 saturated heterocycles. The van der Waals surface area contributed by atoms with Crippen molar-refractivity contribution < 1.29 is 9.66 Å². The highest BCUT2D eigenvalue weighted by Gasteiger charge is 2.23. The molecule has 0 bridgehead atoms. The third kappa shape index (κ3) is 4.69. The maximum absolute atomic E-state index is 11.1. The Morgan fingerprint density at radius 3 is 2.74 bits per heavy atom. The van der Waals surface area contributed by atoms with E-state index in [9.17, 15) is 10.1 Å². The predicted octanol–water partition coefficient (Wildman–Crippen LogP) is 2.78. The molecule has 0 aromatic carbocycles. The fourth-order valence-electron chi connectivity index (χ4n) is 1.53. The molecule has 106 valence electrons.